The van der Waals surface area contributed by atoms with Crippen molar-refractivity contribution in [3.8, 4) is 11.1 Å². The lowest BCUT2D eigenvalue weighted by atomic mass is 10.1. The van der Waals surface area contributed by atoms with E-state index in [0.29, 0.717) is 17.7 Å². The maximum Gasteiger partial charge on any atom is 0.247 e. The molecule has 0 aromatic heterocycles. The first-order chi connectivity index (χ1) is 15.1. The molecule has 5 rings (SSSR count). The Morgan fingerprint density at radius 3 is 2.65 bits per heavy atom. The number of hydrogen-bond acceptors (Lipinski definition) is 3. The Kier molecular flexibility index (Phi) is 5.24. The lowest BCUT2D eigenvalue weighted by Crippen LogP contribution is -2.52. The summed E-state index contributed by atoms with van der Waals surface area (Å²) in [4.78, 5) is 25.3. The molecule has 0 saturated carbocycles. The van der Waals surface area contributed by atoms with Gasteiger partial charge in [0, 0.05) is 11.4 Å². The van der Waals surface area contributed by atoms with Gasteiger partial charge in [-0.3, -0.25) is 9.59 Å². The summed E-state index contributed by atoms with van der Waals surface area (Å²) in [6.07, 6.45) is 1.16. The molecule has 6 heteroatoms. The van der Waals surface area contributed by atoms with Crippen molar-refractivity contribution in [1.29, 1.82) is 0 Å². The van der Waals surface area contributed by atoms with Crippen LogP contribution in [0.15, 0.2) is 66.7 Å². The number of carbonyl (C=O) groups excluding carboxylic acids is 2. The Labute approximate surface area is 184 Å². The van der Waals surface area contributed by atoms with Gasteiger partial charge in [0.2, 0.25) is 11.8 Å². The number of anilines is 1. The second-order valence-electron chi connectivity index (χ2n) is 7.87. The number of rotatable bonds is 4. The summed E-state index contributed by atoms with van der Waals surface area (Å²) >= 11 is 1.39. The van der Waals surface area contributed by atoms with Gasteiger partial charge in [0.15, 0.2) is 0 Å². The SMILES string of the molecule is O=C(Nc1ccc2c(c1)Cc1ccccc1-2)[C@@H]1CS[C@@H](Cc2ccccc2F)C(=O)N1. The molecule has 0 spiro atoms. The fraction of sp³-hybridized carbons (Fsp3) is 0.200. The number of halogens is 1. The fourth-order valence-electron chi connectivity index (χ4n) is 4.20. The molecule has 2 N–H and O–H groups in total. The van der Waals surface area contributed by atoms with Gasteiger partial charge in [0.1, 0.15) is 11.9 Å². The molecule has 1 fully saturated rings. The Morgan fingerprint density at radius 2 is 1.81 bits per heavy atom. The Balaban J connectivity index is 1.22. The van der Waals surface area contributed by atoms with Crippen LogP contribution in [0.25, 0.3) is 11.1 Å². The number of nitrogens with one attached hydrogen (secondary N) is 2. The van der Waals surface area contributed by atoms with Gasteiger partial charge in [-0.15, -0.1) is 11.8 Å². The molecule has 1 aliphatic heterocycles. The highest BCUT2D eigenvalue weighted by atomic mass is 32.2. The minimum absolute atomic E-state index is 0.232. The highest BCUT2D eigenvalue weighted by Gasteiger charge is 2.33. The number of thioether (sulfide) groups is 1. The first kappa shape index (κ1) is 19.8. The van der Waals surface area contributed by atoms with Gasteiger partial charge in [-0.25, -0.2) is 4.39 Å². The minimum atomic E-state index is -0.611. The molecule has 3 aromatic carbocycles. The molecular weight excluding hydrogens is 411 g/mol. The predicted octanol–water partition coefficient (Wildman–Crippen LogP) is 4.18. The summed E-state index contributed by atoms with van der Waals surface area (Å²) < 4.78 is 13.9. The fourth-order valence-corrected chi connectivity index (χ4v) is 5.38. The van der Waals surface area contributed by atoms with Crippen LogP contribution in [0.4, 0.5) is 10.1 Å². The van der Waals surface area contributed by atoms with Crippen molar-refractivity contribution in [3.63, 3.8) is 0 Å². The largest absolute Gasteiger partial charge is 0.343 e. The summed E-state index contributed by atoms with van der Waals surface area (Å²) in [5.74, 6) is -0.327. The maximum absolute atomic E-state index is 13.9. The van der Waals surface area contributed by atoms with Crippen LogP contribution in [0.2, 0.25) is 0 Å². The van der Waals surface area contributed by atoms with Crippen LogP contribution in [0, 0.1) is 5.82 Å². The van der Waals surface area contributed by atoms with Crippen LogP contribution < -0.4 is 10.6 Å². The van der Waals surface area contributed by atoms with E-state index in [1.807, 2.05) is 30.3 Å². The third kappa shape index (κ3) is 3.95. The van der Waals surface area contributed by atoms with Gasteiger partial charge in [-0.05, 0) is 58.9 Å². The quantitative estimate of drug-likeness (QED) is 0.509. The molecule has 1 heterocycles. The molecule has 0 radical (unpaired) electrons. The molecule has 156 valence electrons. The van der Waals surface area contributed by atoms with Gasteiger partial charge in [-0.2, -0.15) is 0 Å². The van der Waals surface area contributed by atoms with Crippen molar-refractivity contribution in [3.05, 3.63) is 89.2 Å². The van der Waals surface area contributed by atoms with E-state index in [2.05, 4.69) is 22.8 Å². The van der Waals surface area contributed by atoms with Gasteiger partial charge < -0.3 is 10.6 Å². The zero-order chi connectivity index (χ0) is 21.4. The first-order valence-electron chi connectivity index (χ1n) is 10.3. The van der Waals surface area contributed by atoms with E-state index in [1.165, 1.54) is 40.1 Å². The molecule has 0 unspecified atom stereocenters. The van der Waals surface area contributed by atoms with E-state index >= 15 is 0 Å². The van der Waals surface area contributed by atoms with E-state index in [0.717, 1.165) is 12.1 Å². The van der Waals surface area contributed by atoms with Crippen molar-refractivity contribution in [2.24, 2.45) is 0 Å². The Hall–Kier alpha value is -3.12. The monoisotopic (exact) mass is 432 g/mol. The zero-order valence-corrected chi connectivity index (χ0v) is 17.5. The Bertz CT molecular complexity index is 1180. The third-order valence-corrected chi connectivity index (χ3v) is 7.12. The average Bonchev–Trinajstić information content (AvgIpc) is 3.14. The molecule has 31 heavy (non-hydrogen) atoms. The number of fused-ring (bicyclic) bond motifs is 3. The lowest BCUT2D eigenvalue weighted by molar-refractivity contribution is -0.126. The second-order valence-corrected chi connectivity index (χ2v) is 9.11. The van der Waals surface area contributed by atoms with Crippen LogP contribution in [0.5, 0.6) is 0 Å². The summed E-state index contributed by atoms with van der Waals surface area (Å²) in [7, 11) is 0. The highest BCUT2D eigenvalue weighted by molar-refractivity contribution is 8.00. The van der Waals surface area contributed by atoms with Gasteiger partial charge in [0.05, 0.1) is 5.25 Å². The molecule has 0 bridgehead atoms. The third-order valence-electron chi connectivity index (χ3n) is 5.81. The number of amides is 2. The normalized spacial score (nSPS) is 19.3. The number of carbonyl (C=O) groups is 2. The van der Waals surface area contributed by atoms with Crippen LogP contribution in [0.1, 0.15) is 16.7 Å². The predicted molar refractivity (Wildman–Crippen MR) is 122 cm³/mol. The number of hydrogen-bond donors (Lipinski definition) is 2. The van der Waals surface area contributed by atoms with E-state index in [1.54, 1.807) is 18.2 Å². The van der Waals surface area contributed by atoms with E-state index in [4.69, 9.17) is 0 Å². The summed E-state index contributed by atoms with van der Waals surface area (Å²) in [6, 6.07) is 20.1. The molecule has 3 aromatic rings. The van der Waals surface area contributed by atoms with Crippen LogP contribution in [-0.2, 0) is 22.4 Å². The molecule has 2 amide bonds. The summed E-state index contributed by atoms with van der Waals surface area (Å²) in [6.45, 7) is 0. The van der Waals surface area contributed by atoms with Gasteiger partial charge >= 0.3 is 0 Å². The van der Waals surface area contributed by atoms with Gasteiger partial charge in [0.25, 0.3) is 0 Å². The van der Waals surface area contributed by atoms with Crippen LogP contribution >= 0.6 is 11.8 Å². The molecule has 2 aliphatic rings. The molecule has 1 saturated heterocycles. The van der Waals surface area contributed by atoms with Gasteiger partial charge in [-0.1, -0.05) is 48.5 Å². The lowest BCUT2D eigenvalue weighted by Gasteiger charge is -2.28. The van der Waals surface area contributed by atoms with Crippen molar-refractivity contribution in [2.75, 3.05) is 11.1 Å². The topological polar surface area (TPSA) is 58.2 Å². The van der Waals surface area contributed by atoms with E-state index in [-0.39, 0.29) is 17.6 Å². The first-order valence-corrected chi connectivity index (χ1v) is 11.3. The maximum atomic E-state index is 13.9. The summed E-state index contributed by atoms with van der Waals surface area (Å²) in [5, 5.41) is 5.33. The summed E-state index contributed by atoms with van der Waals surface area (Å²) in [5.41, 5.74) is 6.16. The molecule has 1 aliphatic carbocycles. The highest BCUT2D eigenvalue weighted by Crippen LogP contribution is 2.37. The van der Waals surface area contributed by atoms with Crippen molar-refractivity contribution < 1.29 is 14.0 Å². The number of benzene rings is 3. The van der Waals surface area contributed by atoms with E-state index in [9.17, 15) is 14.0 Å². The van der Waals surface area contributed by atoms with E-state index < -0.39 is 11.3 Å². The molecule has 4 nitrogen and oxygen atoms in total. The van der Waals surface area contributed by atoms with Crippen molar-refractivity contribution in [2.45, 2.75) is 24.1 Å². The minimum Gasteiger partial charge on any atom is -0.343 e. The van der Waals surface area contributed by atoms with Crippen molar-refractivity contribution in [1.82, 2.24) is 5.32 Å². The van der Waals surface area contributed by atoms with Crippen molar-refractivity contribution >= 4 is 29.3 Å². The van der Waals surface area contributed by atoms with Crippen LogP contribution in [-0.4, -0.2) is 28.9 Å². The molecule has 2 atom stereocenters. The standard InChI is InChI=1S/C25H21FN2O2S/c26-21-8-4-2-6-16(21)13-23-25(30)28-22(14-31-23)24(29)27-18-9-10-20-17(12-18)11-15-5-1-3-7-19(15)20/h1-10,12,22-23H,11,13-14H2,(H,27,29)(H,28,30)/t22-,23-/m0/s1. The molecular formula is C25H21FN2O2S. The zero-order valence-electron chi connectivity index (χ0n) is 16.7. The second kappa shape index (κ2) is 8.19. The smallest absolute Gasteiger partial charge is 0.247 e. The Morgan fingerprint density at radius 1 is 1.03 bits per heavy atom. The van der Waals surface area contributed by atoms with Crippen LogP contribution in [0.3, 0.4) is 0 Å². The average molecular weight is 433 g/mol.